The lowest BCUT2D eigenvalue weighted by Crippen LogP contribution is -2.23. The number of benzene rings is 1. The fourth-order valence-corrected chi connectivity index (χ4v) is 2.13. The molecule has 1 aliphatic carbocycles. The van der Waals surface area contributed by atoms with Gasteiger partial charge in [-0.3, -0.25) is 0 Å². The normalized spacial score (nSPS) is 15.9. The first-order valence-electron chi connectivity index (χ1n) is 5.85. The molecule has 2 rings (SSSR count). The molecule has 0 saturated carbocycles. The first-order valence-corrected chi connectivity index (χ1v) is 5.85. The van der Waals surface area contributed by atoms with Crippen LogP contribution in [0.15, 0.2) is 18.2 Å². The molecule has 1 aliphatic rings. The summed E-state index contributed by atoms with van der Waals surface area (Å²) in [6.45, 7) is 6.27. The lowest BCUT2D eigenvalue weighted by Gasteiger charge is -2.23. The van der Waals surface area contributed by atoms with E-state index in [1.165, 1.54) is 36.8 Å². The molecular weight excluding hydrogens is 184 g/mol. The van der Waals surface area contributed by atoms with Crippen LogP contribution in [-0.4, -0.2) is 5.60 Å². The van der Waals surface area contributed by atoms with E-state index in [-0.39, 0.29) is 5.60 Å². The highest BCUT2D eigenvalue weighted by atomic mass is 16.5. The molecule has 0 aliphatic heterocycles. The van der Waals surface area contributed by atoms with Gasteiger partial charge in [-0.15, -0.1) is 0 Å². The van der Waals surface area contributed by atoms with Crippen molar-refractivity contribution in [3.63, 3.8) is 0 Å². The van der Waals surface area contributed by atoms with Gasteiger partial charge in [0.25, 0.3) is 0 Å². The van der Waals surface area contributed by atoms with E-state index in [9.17, 15) is 0 Å². The molecule has 1 aromatic carbocycles. The summed E-state index contributed by atoms with van der Waals surface area (Å²) in [7, 11) is 0. The van der Waals surface area contributed by atoms with Crippen LogP contribution in [0.25, 0.3) is 0 Å². The van der Waals surface area contributed by atoms with E-state index in [4.69, 9.17) is 4.74 Å². The molecule has 1 heteroatoms. The molecule has 0 unspecified atom stereocenters. The van der Waals surface area contributed by atoms with E-state index in [1.807, 2.05) is 0 Å². The molecule has 0 bridgehead atoms. The van der Waals surface area contributed by atoms with Crippen LogP contribution in [0.4, 0.5) is 0 Å². The summed E-state index contributed by atoms with van der Waals surface area (Å²) < 4.78 is 5.87. The predicted octanol–water partition coefficient (Wildman–Crippen LogP) is 3.74. The quantitative estimate of drug-likeness (QED) is 0.677. The average Bonchev–Trinajstić information content (AvgIpc) is 2.15. The Labute approximate surface area is 92.5 Å². The van der Waals surface area contributed by atoms with Gasteiger partial charge >= 0.3 is 0 Å². The van der Waals surface area contributed by atoms with Crippen LogP contribution in [0.1, 0.15) is 44.7 Å². The minimum absolute atomic E-state index is 0.0943. The fourth-order valence-electron chi connectivity index (χ4n) is 2.13. The lowest BCUT2D eigenvalue weighted by molar-refractivity contribution is 0.131. The van der Waals surface area contributed by atoms with Gasteiger partial charge in [0.15, 0.2) is 0 Å². The number of hydrogen-bond acceptors (Lipinski definition) is 1. The second-order valence-electron chi connectivity index (χ2n) is 5.35. The van der Waals surface area contributed by atoms with Gasteiger partial charge in [0, 0.05) is 0 Å². The van der Waals surface area contributed by atoms with Crippen LogP contribution in [0.2, 0.25) is 0 Å². The summed E-state index contributed by atoms with van der Waals surface area (Å²) in [5.41, 5.74) is 2.91. The second kappa shape index (κ2) is 3.88. The zero-order valence-electron chi connectivity index (χ0n) is 9.97. The molecule has 0 spiro atoms. The molecule has 82 valence electrons. The van der Waals surface area contributed by atoms with Gasteiger partial charge in [0.05, 0.1) is 0 Å². The van der Waals surface area contributed by atoms with Gasteiger partial charge in [-0.25, -0.2) is 0 Å². The van der Waals surface area contributed by atoms with Gasteiger partial charge in [-0.1, -0.05) is 6.07 Å². The summed E-state index contributed by atoms with van der Waals surface area (Å²) in [6, 6.07) is 6.56. The summed E-state index contributed by atoms with van der Waals surface area (Å²) in [5, 5.41) is 0. The molecule has 15 heavy (non-hydrogen) atoms. The number of ether oxygens (including phenoxy) is 1. The number of aryl methyl sites for hydroxylation is 2. The Morgan fingerprint density at radius 2 is 1.67 bits per heavy atom. The van der Waals surface area contributed by atoms with E-state index >= 15 is 0 Å². The van der Waals surface area contributed by atoms with E-state index < -0.39 is 0 Å². The summed E-state index contributed by atoms with van der Waals surface area (Å²) in [5.74, 6) is 1.02. The minimum atomic E-state index is -0.0943. The van der Waals surface area contributed by atoms with Crippen molar-refractivity contribution in [3.8, 4) is 5.75 Å². The first-order chi connectivity index (χ1) is 7.04. The Balaban J connectivity index is 2.21. The Kier molecular flexibility index (Phi) is 2.72. The van der Waals surface area contributed by atoms with Crippen LogP contribution in [0.5, 0.6) is 5.75 Å². The van der Waals surface area contributed by atoms with Crippen LogP contribution in [0.3, 0.4) is 0 Å². The maximum absolute atomic E-state index is 5.87. The first kappa shape index (κ1) is 10.5. The fraction of sp³-hybridized carbons (Fsp3) is 0.571. The smallest absolute Gasteiger partial charge is 0.120 e. The molecule has 1 nitrogen and oxygen atoms in total. The molecular formula is C14H20O. The Morgan fingerprint density at radius 3 is 2.33 bits per heavy atom. The SMILES string of the molecule is CC(C)(C)Oc1ccc2c(c1)CCCC2. The maximum atomic E-state index is 5.87. The largest absolute Gasteiger partial charge is 0.488 e. The van der Waals surface area contributed by atoms with Crippen molar-refractivity contribution in [2.75, 3.05) is 0 Å². The number of rotatable bonds is 1. The molecule has 0 amide bonds. The third-order valence-electron chi connectivity index (χ3n) is 2.74. The summed E-state index contributed by atoms with van der Waals surface area (Å²) >= 11 is 0. The van der Waals surface area contributed by atoms with E-state index in [0.29, 0.717) is 0 Å². The average molecular weight is 204 g/mol. The predicted molar refractivity (Wildman–Crippen MR) is 63.5 cm³/mol. The Morgan fingerprint density at radius 1 is 1.00 bits per heavy atom. The topological polar surface area (TPSA) is 9.23 Å². The number of fused-ring (bicyclic) bond motifs is 1. The molecule has 0 aromatic heterocycles. The van der Waals surface area contributed by atoms with E-state index in [0.717, 1.165) is 5.75 Å². The van der Waals surface area contributed by atoms with Crippen molar-refractivity contribution in [2.24, 2.45) is 0 Å². The minimum Gasteiger partial charge on any atom is -0.488 e. The number of hydrogen-bond donors (Lipinski definition) is 0. The van der Waals surface area contributed by atoms with Gasteiger partial charge in [0.1, 0.15) is 11.4 Å². The summed E-state index contributed by atoms with van der Waals surface area (Å²) in [4.78, 5) is 0. The lowest BCUT2D eigenvalue weighted by atomic mass is 9.92. The standard InChI is InChI=1S/C14H20O/c1-14(2,3)15-13-9-8-11-6-4-5-7-12(11)10-13/h8-10H,4-7H2,1-3H3. The maximum Gasteiger partial charge on any atom is 0.120 e. The third-order valence-corrected chi connectivity index (χ3v) is 2.74. The third kappa shape index (κ3) is 2.74. The van der Waals surface area contributed by atoms with Gasteiger partial charge in [0.2, 0.25) is 0 Å². The van der Waals surface area contributed by atoms with Crippen LogP contribution < -0.4 is 4.74 Å². The van der Waals surface area contributed by atoms with E-state index in [2.05, 4.69) is 39.0 Å². The highest BCUT2D eigenvalue weighted by Crippen LogP contribution is 2.27. The second-order valence-corrected chi connectivity index (χ2v) is 5.35. The van der Waals surface area contributed by atoms with Crippen LogP contribution >= 0.6 is 0 Å². The summed E-state index contributed by atoms with van der Waals surface area (Å²) in [6.07, 6.45) is 5.13. The molecule has 0 N–H and O–H groups in total. The molecule has 0 heterocycles. The van der Waals surface area contributed by atoms with Crippen molar-refractivity contribution in [1.82, 2.24) is 0 Å². The van der Waals surface area contributed by atoms with Crippen molar-refractivity contribution in [1.29, 1.82) is 0 Å². The molecule has 0 saturated heterocycles. The van der Waals surface area contributed by atoms with Gasteiger partial charge in [-0.05, 0) is 69.7 Å². The van der Waals surface area contributed by atoms with Crippen molar-refractivity contribution in [3.05, 3.63) is 29.3 Å². The van der Waals surface area contributed by atoms with Gasteiger partial charge in [-0.2, -0.15) is 0 Å². The molecule has 1 aromatic rings. The Hall–Kier alpha value is -0.980. The zero-order chi connectivity index (χ0) is 10.9. The molecule has 0 atom stereocenters. The molecule has 0 fully saturated rings. The van der Waals surface area contributed by atoms with Crippen molar-refractivity contribution in [2.45, 2.75) is 52.1 Å². The van der Waals surface area contributed by atoms with Gasteiger partial charge < -0.3 is 4.74 Å². The monoisotopic (exact) mass is 204 g/mol. The van der Waals surface area contributed by atoms with Crippen molar-refractivity contribution >= 4 is 0 Å². The highest BCUT2D eigenvalue weighted by Gasteiger charge is 2.14. The Bertz CT molecular complexity index is 347. The van der Waals surface area contributed by atoms with E-state index in [1.54, 1.807) is 0 Å². The van der Waals surface area contributed by atoms with Crippen LogP contribution in [-0.2, 0) is 12.8 Å². The molecule has 0 radical (unpaired) electrons. The van der Waals surface area contributed by atoms with Crippen LogP contribution in [0, 0.1) is 0 Å². The zero-order valence-corrected chi connectivity index (χ0v) is 9.97. The highest BCUT2D eigenvalue weighted by molar-refractivity contribution is 5.37. The van der Waals surface area contributed by atoms with Crippen molar-refractivity contribution < 1.29 is 4.74 Å².